The molecule has 5 heteroatoms. The predicted octanol–water partition coefficient (Wildman–Crippen LogP) is 0.975. The third-order valence-electron chi connectivity index (χ3n) is 2.92. The highest BCUT2D eigenvalue weighted by Gasteiger charge is 2.25. The molecule has 2 N–H and O–H groups in total. The fraction of sp³-hybridized carbons (Fsp3) is 0.455. The van der Waals surface area contributed by atoms with E-state index in [0.29, 0.717) is 5.69 Å². The minimum atomic E-state index is -2.48. The summed E-state index contributed by atoms with van der Waals surface area (Å²) in [7, 11) is -2.48. The quantitative estimate of drug-likeness (QED) is 0.610. The van der Waals surface area contributed by atoms with Gasteiger partial charge in [0.05, 0.1) is 0 Å². The first kappa shape index (κ1) is 11.4. The van der Waals surface area contributed by atoms with E-state index >= 15 is 0 Å². The van der Waals surface area contributed by atoms with Gasteiger partial charge in [-0.05, 0) is 43.6 Å². The van der Waals surface area contributed by atoms with Gasteiger partial charge >= 0.3 is 0 Å². The van der Waals surface area contributed by atoms with E-state index < -0.39 is 16.1 Å². The number of hydrogen-bond acceptors (Lipinski definition) is 4. The highest BCUT2D eigenvalue weighted by molar-refractivity contribution is 7.72. The fourth-order valence-electron chi connectivity index (χ4n) is 2.12. The van der Waals surface area contributed by atoms with Gasteiger partial charge in [-0.3, -0.25) is 4.90 Å². The number of nitrogens with zero attached hydrogens (tertiary/aromatic N) is 1. The smallest absolute Gasteiger partial charge is 0.160 e. The fourth-order valence-corrected chi connectivity index (χ4v) is 3.03. The molecule has 16 heavy (non-hydrogen) atoms. The monoisotopic (exact) mass is 240 g/mol. The third kappa shape index (κ3) is 2.36. The largest absolute Gasteiger partial charge is 0.399 e. The van der Waals surface area contributed by atoms with Gasteiger partial charge in [0.25, 0.3) is 0 Å². The molecule has 1 heterocycles. The van der Waals surface area contributed by atoms with E-state index in [0.717, 1.165) is 31.5 Å². The predicted molar refractivity (Wildman–Crippen MR) is 64.7 cm³/mol. The average Bonchev–Trinajstić information content (AvgIpc) is 2.74. The summed E-state index contributed by atoms with van der Waals surface area (Å²) < 4.78 is 22.7. The third-order valence-corrected chi connectivity index (χ3v) is 3.94. The molecule has 0 radical (unpaired) electrons. The van der Waals surface area contributed by atoms with Crippen molar-refractivity contribution in [2.75, 3.05) is 18.8 Å². The Hall–Kier alpha value is -1.07. The van der Waals surface area contributed by atoms with Crippen molar-refractivity contribution in [2.24, 2.45) is 0 Å². The Bertz CT molecular complexity index is 414. The van der Waals surface area contributed by atoms with E-state index in [2.05, 4.69) is 0 Å². The lowest BCUT2D eigenvalue weighted by molar-refractivity contribution is 0.312. The maximum Gasteiger partial charge on any atom is 0.160 e. The second kappa shape index (κ2) is 4.84. The zero-order valence-corrected chi connectivity index (χ0v) is 9.90. The molecule has 4 nitrogen and oxygen atoms in total. The number of benzene rings is 1. The highest BCUT2D eigenvalue weighted by atomic mass is 32.2. The molecule has 88 valence electrons. The Morgan fingerprint density at radius 3 is 2.19 bits per heavy atom. The SMILES string of the molecule is Nc1ccc(C(N2CCCC2)[SH](=O)=O)cc1. The Morgan fingerprint density at radius 1 is 1.12 bits per heavy atom. The van der Waals surface area contributed by atoms with Crippen molar-refractivity contribution in [1.82, 2.24) is 4.90 Å². The zero-order valence-electron chi connectivity index (χ0n) is 9.00. The number of likely N-dealkylation sites (tertiary alicyclic amines) is 1. The van der Waals surface area contributed by atoms with E-state index in [9.17, 15) is 8.42 Å². The normalized spacial score (nSPS) is 19.1. The number of nitrogen functional groups attached to an aromatic ring is 1. The molecule has 1 aliphatic rings. The molecule has 0 amide bonds. The molecule has 0 aromatic heterocycles. The molecule has 1 saturated heterocycles. The summed E-state index contributed by atoms with van der Waals surface area (Å²) >= 11 is 0. The van der Waals surface area contributed by atoms with Crippen LogP contribution < -0.4 is 5.73 Å². The number of thiol groups is 1. The lowest BCUT2D eigenvalue weighted by atomic mass is 10.2. The van der Waals surface area contributed by atoms with Crippen LogP contribution in [0.1, 0.15) is 23.8 Å². The van der Waals surface area contributed by atoms with Crippen molar-refractivity contribution in [3.8, 4) is 0 Å². The van der Waals surface area contributed by atoms with Gasteiger partial charge in [0.2, 0.25) is 0 Å². The molecule has 0 bridgehead atoms. The van der Waals surface area contributed by atoms with E-state index in [4.69, 9.17) is 5.73 Å². The Morgan fingerprint density at radius 2 is 1.69 bits per heavy atom. The lowest BCUT2D eigenvalue weighted by Crippen LogP contribution is -2.26. The van der Waals surface area contributed by atoms with Crippen LogP contribution >= 0.6 is 0 Å². The molecular formula is C11H16N2O2S. The lowest BCUT2D eigenvalue weighted by Gasteiger charge is -2.22. The van der Waals surface area contributed by atoms with Gasteiger partial charge in [0, 0.05) is 5.69 Å². The van der Waals surface area contributed by atoms with Crippen LogP contribution in [0.2, 0.25) is 0 Å². The highest BCUT2D eigenvalue weighted by Crippen LogP contribution is 2.26. The molecule has 0 spiro atoms. The van der Waals surface area contributed by atoms with E-state index in [1.807, 2.05) is 4.90 Å². The van der Waals surface area contributed by atoms with Crippen LogP contribution in [0.15, 0.2) is 24.3 Å². The van der Waals surface area contributed by atoms with Gasteiger partial charge in [-0.15, -0.1) is 0 Å². The van der Waals surface area contributed by atoms with Gasteiger partial charge in [0.1, 0.15) is 5.37 Å². The number of anilines is 1. The second-order valence-corrected chi connectivity index (χ2v) is 5.13. The minimum Gasteiger partial charge on any atom is -0.399 e. The summed E-state index contributed by atoms with van der Waals surface area (Å²) in [5.41, 5.74) is 7.06. The van der Waals surface area contributed by atoms with Gasteiger partial charge < -0.3 is 5.73 Å². The molecule has 1 unspecified atom stereocenters. The number of nitrogens with two attached hydrogens (primary N) is 1. The Balaban J connectivity index is 2.28. The summed E-state index contributed by atoms with van der Waals surface area (Å²) in [6, 6.07) is 7.08. The molecule has 1 atom stereocenters. The first-order valence-electron chi connectivity index (χ1n) is 5.41. The maximum absolute atomic E-state index is 11.3. The topological polar surface area (TPSA) is 63.4 Å². The van der Waals surface area contributed by atoms with Crippen LogP contribution in [0.4, 0.5) is 5.69 Å². The molecule has 1 aliphatic heterocycles. The summed E-state index contributed by atoms with van der Waals surface area (Å²) in [6.07, 6.45) is 2.16. The van der Waals surface area contributed by atoms with Crippen molar-refractivity contribution in [1.29, 1.82) is 0 Å². The zero-order chi connectivity index (χ0) is 11.5. The first-order chi connectivity index (χ1) is 7.68. The molecule has 1 aromatic rings. The summed E-state index contributed by atoms with van der Waals surface area (Å²) in [5, 5.41) is -0.488. The van der Waals surface area contributed by atoms with Gasteiger partial charge in [-0.25, -0.2) is 8.42 Å². The van der Waals surface area contributed by atoms with Crippen molar-refractivity contribution in [3.63, 3.8) is 0 Å². The maximum atomic E-state index is 11.3. The van der Waals surface area contributed by atoms with E-state index in [1.165, 1.54) is 0 Å². The average molecular weight is 240 g/mol. The van der Waals surface area contributed by atoms with Gasteiger partial charge in [-0.2, -0.15) is 0 Å². The number of hydrogen-bond donors (Lipinski definition) is 2. The Labute approximate surface area is 97.0 Å². The van der Waals surface area contributed by atoms with Gasteiger partial charge in [0.15, 0.2) is 10.7 Å². The molecule has 1 fully saturated rings. The summed E-state index contributed by atoms with van der Waals surface area (Å²) in [5.74, 6) is 0. The van der Waals surface area contributed by atoms with Crippen molar-refractivity contribution in [3.05, 3.63) is 29.8 Å². The van der Waals surface area contributed by atoms with Crippen molar-refractivity contribution in [2.45, 2.75) is 18.2 Å². The molecule has 2 rings (SSSR count). The van der Waals surface area contributed by atoms with Crippen LogP contribution in [0.25, 0.3) is 0 Å². The standard InChI is InChI=1S/C11H16N2O2S/c12-10-5-3-9(4-6-10)11(16(14)15)13-7-1-2-8-13/h3-6,11,16H,1-2,7-8,12H2. The van der Waals surface area contributed by atoms with E-state index in [-0.39, 0.29) is 0 Å². The van der Waals surface area contributed by atoms with Crippen LogP contribution in [0.3, 0.4) is 0 Å². The van der Waals surface area contributed by atoms with Crippen LogP contribution in [0, 0.1) is 0 Å². The second-order valence-electron chi connectivity index (χ2n) is 4.07. The van der Waals surface area contributed by atoms with Crippen molar-refractivity contribution >= 4 is 16.4 Å². The molecule has 0 saturated carbocycles. The van der Waals surface area contributed by atoms with Crippen molar-refractivity contribution < 1.29 is 8.42 Å². The molecule has 1 aromatic carbocycles. The summed E-state index contributed by atoms with van der Waals surface area (Å²) in [6.45, 7) is 1.72. The van der Waals surface area contributed by atoms with E-state index in [1.54, 1.807) is 24.3 Å². The van der Waals surface area contributed by atoms with Crippen LogP contribution in [-0.2, 0) is 10.7 Å². The number of rotatable bonds is 3. The molecule has 0 aliphatic carbocycles. The summed E-state index contributed by atoms with van der Waals surface area (Å²) in [4.78, 5) is 2.01. The minimum absolute atomic E-state index is 0.488. The molecular weight excluding hydrogens is 224 g/mol. The first-order valence-corrected chi connectivity index (χ1v) is 6.66. The van der Waals surface area contributed by atoms with Crippen LogP contribution in [-0.4, -0.2) is 26.4 Å². The van der Waals surface area contributed by atoms with Gasteiger partial charge in [-0.1, -0.05) is 12.1 Å². The Kier molecular flexibility index (Phi) is 3.46. The van der Waals surface area contributed by atoms with Crippen LogP contribution in [0.5, 0.6) is 0 Å².